The van der Waals surface area contributed by atoms with Crippen molar-refractivity contribution in [3.8, 4) is 0 Å². The normalized spacial score (nSPS) is 16.9. The van der Waals surface area contributed by atoms with E-state index in [0.717, 1.165) is 22.6 Å². The topological polar surface area (TPSA) is 99.8 Å². The fourth-order valence-electron chi connectivity index (χ4n) is 3.33. The lowest BCUT2D eigenvalue weighted by Gasteiger charge is -2.36. The fraction of sp³-hybridized carbons (Fsp3) is 0.389. The van der Waals surface area contributed by atoms with Crippen molar-refractivity contribution in [3.63, 3.8) is 0 Å². The molecule has 2 heterocycles. The second kappa shape index (κ2) is 8.08. The number of aliphatic hydroxyl groups is 1. The lowest BCUT2D eigenvalue weighted by atomic mass is 9.92. The van der Waals surface area contributed by atoms with Gasteiger partial charge in [0, 0.05) is 49.8 Å². The van der Waals surface area contributed by atoms with E-state index >= 15 is 0 Å². The van der Waals surface area contributed by atoms with Crippen LogP contribution in [0.3, 0.4) is 0 Å². The molecule has 0 spiro atoms. The number of hydrogen-bond donors (Lipinski definition) is 2. The molecular weight excluding hydrogens is 466 g/mol. The van der Waals surface area contributed by atoms with E-state index < -0.39 is 33.5 Å². The van der Waals surface area contributed by atoms with Crippen LogP contribution in [0.4, 0.5) is 37.7 Å². The standard InChI is InChI=1S/C18H18F6N4O3S/c19-17(20,21)16(29,18(22,23)24)12-1-3-13(4-2-12)27-7-9-28(10-8-27)32(30,31)15-11-26-6-5-14(15)25/h1-6,11,29H,7-10H2,(H2,25,26). The summed E-state index contributed by atoms with van der Waals surface area (Å²) in [5.41, 5.74) is -0.362. The Bertz CT molecular complexity index is 1050. The molecule has 7 nitrogen and oxygen atoms in total. The highest BCUT2D eigenvalue weighted by Gasteiger charge is 2.71. The van der Waals surface area contributed by atoms with Gasteiger partial charge in [-0.05, 0) is 18.2 Å². The van der Waals surface area contributed by atoms with Gasteiger partial charge < -0.3 is 15.7 Å². The maximum Gasteiger partial charge on any atom is 0.430 e. The van der Waals surface area contributed by atoms with Crippen LogP contribution in [0.1, 0.15) is 5.56 Å². The van der Waals surface area contributed by atoms with Gasteiger partial charge in [0.15, 0.2) is 0 Å². The molecule has 176 valence electrons. The van der Waals surface area contributed by atoms with Crippen molar-refractivity contribution in [2.45, 2.75) is 22.8 Å². The predicted octanol–water partition coefficient (Wildman–Crippen LogP) is 2.49. The lowest BCUT2D eigenvalue weighted by molar-refractivity contribution is -0.376. The van der Waals surface area contributed by atoms with Crippen LogP contribution in [-0.4, -0.2) is 61.3 Å². The number of sulfonamides is 1. The minimum atomic E-state index is -5.97. The molecule has 1 aliphatic heterocycles. The molecular formula is C18H18F6N4O3S. The quantitative estimate of drug-likeness (QED) is 0.647. The summed E-state index contributed by atoms with van der Waals surface area (Å²) in [6, 6.07) is 4.47. The Morgan fingerprint density at radius 3 is 1.91 bits per heavy atom. The van der Waals surface area contributed by atoms with E-state index in [-0.39, 0.29) is 42.4 Å². The Balaban J connectivity index is 1.77. The average Bonchev–Trinajstić information content (AvgIpc) is 2.72. The third-order valence-electron chi connectivity index (χ3n) is 5.14. The van der Waals surface area contributed by atoms with E-state index in [1.165, 1.54) is 12.3 Å². The van der Waals surface area contributed by atoms with Gasteiger partial charge in [-0.2, -0.15) is 30.6 Å². The van der Waals surface area contributed by atoms with E-state index in [9.17, 15) is 39.9 Å². The summed E-state index contributed by atoms with van der Waals surface area (Å²) < 4.78 is 105. The van der Waals surface area contributed by atoms with Gasteiger partial charge in [0.1, 0.15) is 4.90 Å². The smallest absolute Gasteiger partial charge is 0.398 e. The number of halogens is 6. The van der Waals surface area contributed by atoms with E-state index in [4.69, 9.17) is 5.73 Å². The lowest BCUT2D eigenvalue weighted by Crippen LogP contribution is -2.54. The molecule has 0 radical (unpaired) electrons. The molecule has 3 rings (SSSR count). The summed E-state index contributed by atoms with van der Waals surface area (Å²) in [6.45, 7) is 0.268. The van der Waals surface area contributed by atoms with E-state index in [1.807, 2.05) is 0 Å². The molecule has 1 aromatic heterocycles. The van der Waals surface area contributed by atoms with Crippen LogP contribution in [0.5, 0.6) is 0 Å². The number of alkyl halides is 6. The Morgan fingerprint density at radius 2 is 1.44 bits per heavy atom. The van der Waals surface area contributed by atoms with Crippen LogP contribution in [-0.2, 0) is 15.6 Å². The highest BCUT2D eigenvalue weighted by Crippen LogP contribution is 2.50. The minimum Gasteiger partial charge on any atom is -0.398 e. The molecule has 32 heavy (non-hydrogen) atoms. The number of nitrogens with two attached hydrogens (primary N) is 1. The van der Waals surface area contributed by atoms with E-state index in [2.05, 4.69) is 4.98 Å². The molecule has 14 heteroatoms. The van der Waals surface area contributed by atoms with Crippen LogP contribution in [0.2, 0.25) is 0 Å². The third-order valence-corrected chi connectivity index (χ3v) is 7.09. The largest absolute Gasteiger partial charge is 0.430 e. The Morgan fingerprint density at radius 1 is 0.906 bits per heavy atom. The van der Waals surface area contributed by atoms with Gasteiger partial charge in [-0.15, -0.1) is 0 Å². The molecule has 1 saturated heterocycles. The van der Waals surface area contributed by atoms with Crippen LogP contribution in [0.15, 0.2) is 47.6 Å². The van der Waals surface area contributed by atoms with Gasteiger partial charge >= 0.3 is 12.4 Å². The summed E-state index contributed by atoms with van der Waals surface area (Å²) in [5.74, 6) is 0. The Hall–Kier alpha value is -2.58. The van der Waals surface area contributed by atoms with Gasteiger partial charge in [-0.1, -0.05) is 12.1 Å². The number of aromatic nitrogens is 1. The van der Waals surface area contributed by atoms with Crippen LogP contribution in [0, 0.1) is 0 Å². The van der Waals surface area contributed by atoms with Crippen molar-refractivity contribution in [1.29, 1.82) is 0 Å². The molecule has 1 aromatic carbocycles. The maximum absolute atomic E-state index is 13.0. The van der Waals surface area contributed by atoms with Crippen molar-refractivity contribution >= 4 is 21.4 Å². The highest BCUT2D eigenvalue weighted by molar-refractivity contribution is 7.89. The number of benzene rings is 1. The van der Waals surface area contributed by atoms with E-state index in [1.54, 1.807) is 4.90 Å². The van der Waals surface area contributed by atoms with Crippen molar-refractivity contribution in [1.82, 2.24) is 9.29 Å². The summed E-state index contributed by atoms with van der Waals surface area (Å²) in [7, 11) is -3.92. The number of piperazine rings is 1. The first kappa shape index (κ1) is 24.1. The molecule has 1 fully saturated rings. The van der Waals surface area contributed by atoms with Crippen LogP contribution >= 0.6 is 0 Å². The van der Waals surface area contributed by atoms with Crippen molar-refractivity contribution in [3.05, 3.63) is 48.3 Å². The second-order valence-corrected chi connectivity index (χ2v) is 8.96. The molecule has 0 atom stereocenters. The predicted molar refractivity (Wildman–Crippen MR) is 102 cm³/mol. The number of pyridine rings is 1. The van der Waals surface area contributed by atoms with Crippen LogP contribution in [0.25, 0.3) is 0 Å². The molecule has 2 aromatic rings. The number of hydrogen-bond acceptors (Lipinski definition) is 6. The van der Waals surface area contributed by atoms with E-state index in [0.29, 0.717) is 12.1 Å². The summed E-state index contributed by atoms with van der Waals surface area (Å²) in [6.07, 6.45) is -9.48. The SMILES string of the molecule is Nc1ccncc1S(=O)(=O)N1CCN(c2ccc(C(O)(C(F)(F)F)C(F)(F)F)cc2)CC1. The van der Waals surface area contributed by atoms with Gasteiger partial charge in [-0.25, -0.2) is 8.42 Å². The second-order valence-electron chi connectivity index (χ2n) is 7.06. The van der Waals surface area contributed by atoms with Crippen molar-refractivity contribution in [2.75, 3.05) is 36.8 Å². The average molecular weight is 484 g/mol. The molecule has 0 aliphatic carbocycles. The number of rotatable bonds is 4. The molecule has 0 bridgehead atoms. The van der Waals surface area contributed by atoms with Gasteiger partial charge in [0.2, 0.25) is 10.0 Å². The zero-order valence-electron chi connectivity index (χ0n) is 16.2. The first-order valence-corrected chi connectivity index (χ1v) is 10.5. The zero-order valence-corrected chi connectivity index (χ0v) is 17.0. The highest BCUT2D eigenvalue weighted by atomic mass is 32.2. The molecule has 0 unspecified atom stereocenters. The summed E-state index contributed by atoms with van der Waals surface area (Å²) in [5, 5.41) is 9.46. The molecule has 3 N–H and O–H groups in total. The molecule has 0 saturated carbocycles. The van der Waals surface area contributed by atoms with Crippen LogP contribution < -0.4 is 10.6 Å². The zero-order chi connectivity index (χ0) is 23.9. The summed E-state index contributed by atoms with van der Waals surface area (Å²) in [4.78, 5) is 5.20. The van der Waals surface area contributed by atoms with Gasteiger partial charge in [-0.3, -0.25) is 4.98 Å². The molecule has 0 amide bonds. The van der Waals surface area contributed by atoms with Crippen molar-refractivity contribution in [2.24, 2.45) is 0 Å². The number of anilines is 2. The first-order chi connectivity index (χ1) is 14.7. The minimum absolute atomic E-state index is 0.00740. The van der Waals surface area contributed by atoms with Gasteiger partial charge in [0.05, 0.1) is 5.69 Å². The summed E-state index contributed by atoms with van der Waals surface area (Å²) >= 11 is 0. The third kappa shape index (κ3) is 4.09. The maximum atomic E-state index is 13.0. The first-order valence-electron chi connectivity index (χ1n) is 9.10. The van der Waals surface area contributed by atoms with Crippen molar-refractivity contribution < 1.29 is 39.9 Å². The Labute approximate surface area is 179 Å². The monoisotopic (exact) mass is 484 g/mol. The molecule has 1 aliphatic rings. The Kier molecular flexibility index (Phi) is 6.08. The fourth-order valence-corrected chi connectivity index (χ4v) is 4.82. The number of nitrogens with zero attached hydrogens (tertiary/aromatic N) is 3. The van der Waals surface area contributed by atoms with Gasteiger partial charge in [0.25, 0.3) is 5.60 Å². The number of nitrogen functional groups attached to an aromatic ring is 1.